The molecule has 106 valence electrons. The van der Waals surface area contributed by atoms with Crippen molar-refractivity contribution in [2.45, 2.75) is 31.2 Å². The zero-order valence-corrected chi connectivity index (χ0v) is 12.4. The maximum absolute atomic E-state index is 11.9. The molecule has 1 amide bonds. The Bertz CT molecular complexity index is 528. The Labute approximate surface area is 118 Å². The minimum absolute atomic E-state index is 0.0209. The predicted molar refractivity (Wildman–Crippen MR) is 74.5 cm³/mol. The van der Waals surface area contributed by atoms with Crippen LogP contribution in [0.4, 0.5) is 0 Å². The van der Waals surface area contributed by atoms with E-state index in [1.807, 2.05) is 13.8 Å². The summed E-state index contributed by atoms with van der Waals surface area (Å²) in [4.78, 5) is 11.6. The van der Waals surface area contributed by atoms with E-state index < -0.39 is 10.0 Å². The van der Waals surface area contributed by atoms with E-state index in [9.17, 15) is 13.2 Å². The van der Waals surface area contributed by atoms with Gasteiger partial charge in [0.2, 0.25) is 15.9 Å². The average Bonchev–Trinajstić information content (AvgIpc) is 2.37. The number of halogens is 1. The Hall–Kier alpha value is -1.11. The Kier molecular flexibility index (Phi) is 5.78. The van der Waals surface area contributed by atoms with Crippen LogP contribution in [0.3, 0.4) is 0 Å². The lowest BCUT2D eigenvalue weighted by atomic mass is 10.2. The molecule has 1 atom stereocenters. The van der Waals surface area contributed by atoms with E-state index in [4.69, 9.17) is 11.6 Å². The highest BCUT2D eigenvalue weighted by Crippen LogP contribution is 2.13. The molecular formula is C12H17ClN2O3S. The molecule has 1 unspecified atom stereocenters. The third kappa shape index (κ3) is 5.18. The highest BCUT2D eigenvalue weighted by molar-refractivity contribution is 7.89. The smallest absolute Gasteiger partial charge is 0.241 e. The van der Waals surface area contributed by atoms with Crippen LogP contribution in [0.15, 0.2) is 29.2 Å². The van der Waals surface area contributed by atoms with Crippen molar-refractivity contribution in [2.24, 2.45) is 0 Å². The van der Waals surface area contributed by atoms with Gasteiger partial charge in [-0.25, -0.2) is 13.1 Å². The van der Waals surface area contributed by atoms with Crippen LogP contribution in [0.2, 0.25) is 5.02 Å². The molecule has 0 aliphatic rings. The molecule has 0 saturated carbocycles. The van der Waals surface area contributed by atoms with E-state index >= 15 is 0 Å². The van der Waals surface area contributed by atoms with Gasteiger partial charge in [0.25, 0.3) is 0 Å². The van der Waals surface area contributed by atoms with Gasteiger partial charge in [0.05, 0.1) is 11.4 Å². The van der Waals surface area contributed by atoms with Crippen molar-refractivity contribution < 1.29 is 13.2 Å². The van der Waals surface area contributed by atoms with Crippen LogP contribution >= 0.6 is 11.6 Å². The van der Waals surface area contributed by atoms with Crippen LogP contribution in [-0.2, 0) is 14.8 Å². The van der Waals surface area contributed by atoms with Gasteiger partial charge < -0.3 is 5.32 Å². The lowest BCUT2D eigenvalue weighted by Crippen LogP contribution is -2.40. The van der Waals surface area contributed by atoms with Gasteiger partial charge in [0.1, 0.15) is 0 Å². The third-order valence-electron chi connectivity index (χ3n) is 2.57. The number of rotatable bonds is 6. The Balaban J connectivity index is 2.61. The van der Waals surface area contributed by atoms with E-state index in [1.54, 1.807) is 0 Å². The molecule has 1 aromatic carbocycles. The highest BCUT2D eigenvalue weighted by Gasteiger charge is 2.15. The summed E-state index contributed by atoms with van der Waals surface area (Å²) in [5.41, 5.74) is 0. The molecule has 0 heterocycles. The minimum Gasteiger partial charge on any atom is -0.353 e. The summed E-state index contributed by atoms with van der Waals surface area (Å²) >= 11 is 5.68. The first-order chi connectivity index (χ1) is 8.85. The molecule has 0 aliphatic heterocycles. The number of hydrogen-bond acceptors (Lipinski definition) is 3. The molecular weight excluding hydrogens is 288 g/mol. The average molecular weight is 305 g/mol. The van der Waals surface area contributed by atoms with Gasteiger partial charge in [0, 0.05) is 11.1 Å². The lowest BCUT2D eigenvalue weighted by molar-refractivity contribution is -0.120. The molecule has 7 heteroatoms. The second-order valence-corrected chi connectivity index (χ2v) is 6.36. The van der Waals surface area contributed by atoms with Crippen molar-refractivity contribution in [3.63, 3.8) is 0 Å². The molecule has 1 rings (SSSR count). The standard InChI is InChI=1S/C12H17ClN2O3S/c1-3-9(2)15-12(16)8-14-19(17,18)11-6-4-10(13)5-7-11/h4-7,9,14H,3,8H2,1-2H3,(H,15,16). The van der Waals surface area contributed by atoms with Gasteiger partial charge in [0.15, 0.2) is 0 Å². The molecule has 0 fully saturated rings. The van der Waals surface area contributed by atoms with E-state index in [0.29, 0.717) is 5.02 Å². The summed E-state index contributed by atoms with van der Waals surface area (Å²) in [6.07, 6.45) is 0.787. The van der Waals surface area contributed by atoms with Crippen LogP contribution in [0, 0.1) is 0 Å². The van der Waals surface area contributed by atoms with Crippen LogP contribution in [-0.4, -0.2) is 26.9 Å². The van der Waals surface area contributed by atoms with E-state index in [1.165, 1.54) is 24.3 Å². The molecule has 2 N–H and O–H groups in total. The fourth-order valence-corrected chi connectivity index (χ4v) is 2.39. The van der Waals surface area contributed by atoms with Crippen molar-refractivity contribution in [1.82, 2.24) is 10.0 Å². The molecule has 5 nitrogen and oxygen atoms in total. The van der Waals surface area contributed by atoms with Crippen molar-refractivity contribution in [3.05, 3.63) is 29.3 Å². The number of nitrogens with one attached hydrogen (secondary N) is 2. The van der Waals surface area contributed by atoms with Crippen molar-refractivity contribution in [3.8, 4) is 0 Å². The SMILES string of the molecule is CCC(C)NC(=O)CNS(=O)(=O)c1ccc(Cl)cc1. The number of amides is 1. The fourth-order valence-electron chi connectivity index (χ4n) is 1.29. The zero-order valence-electron chi connectivity index (χ0n) is 10.8. The van der Waals surface area contributed by atoms with Crippen LogP contribution in [0.5, 0.6) is 0 Å². The summed E-state index contributed by atoms with van der Waals surface area (Å²) in [5, 5.41) is 3.13. The highest BCUT2D eigenvalue weighted by atomic mass is 35.5. The lowest BCUT2D eigenvalue weighted by Gasteiger charge is -2.12. The summed E-state index contributed by atoms with van der Waals surface area (Å²) < 4.78 is 26.0. The van der Waals surface area contributed by atoms with Gasteiger partial charge in [-0.05, 0) is 37.6 Å². The summed E-state index contributed by atoms with van der Waals surface area (Å²) in [7, 11) is -3.68. The summed E-state index contributed by atoms with van der Waals surface area (Å²) in [5.74, 6) is -0.355. The summed E-state index contributed by atoms with van der Waals surface area (Å²) in [6, 6.07) is 5.76. The molecule has 0 saturated heterocycles. The number of benzene rings is 1. The number of carbonyl (C=O) groups excluding carboxylic acids is 1. The zero-order chi connectivity index (χ0) is 14.5. The maximum Gasteiger partial charge on any atom is 0.241 e. The summed E-state index contributed by atoms with van der Waals surface area (Å²) in [6.45, 7) is 3.50. The molecule has 19 heavy (non-hydrogen) atoms. The Morgan fingerprint density at radius 1 is 1.32 bits per heavy atom. The van der Waals surface area contributed by atoms with Crippen LogP contribution in [0.1, 0.15) is 20.3 Å². The first kappa shape index (κ1) is 15.9. The molecule has 0 radical (unpaired) electrons. The van der Waals surface area contributed by atoms with Crippen LogP contribution in [0.25, 0.3) is 0 Å². The Morgan fingerprint density at radius 3 is 2.42 bits per heavy atom. The van der Waals surface area contributed by atoms with Crippen molar-refractivity contribution in [1.29, 1.82) is 0 Å². The normalized spacial score (nSPS) is 13.0. The molecule has 0 aromatic heterocycles. The fraction of sp³-hybridized carbons (Fsp3) is 0.417. The second-order valence-electron chi connectivity index (χ2n) is 4.16. The van der Waals surface area contributed by atoms with E-state index in [2.05, 4.69) is 10.0 Å². The number of sulfonamides is 1. The van der Waals surface area contributed by atoms with Gasteiger partial charge in [-0.3, -0.25) is 4.79 Å². The second kappa shape index (κ2) is 6.88. The number of carbonyl (C=O) groups is 1. The maximum atomic E-state index is 11.9. The quantitative estimate of drug-likeness (QED) is 0.837. The number of hydrogen-bond donors (Lipinski definition) is 2. The minimum atomic E-state index is -3.68. The molecule has 0 bridgehead atoms. The molecule has 0 aliphatic carbocycles. The van der Waals surface area contributed by atoms with Gasteiger partial charge >= 0.3 is 0 Å². The Morgan fingerprint density at radius 2 is 1.89 bits per heavy atom. The first-order valence-corrected chi connectivity index (χ1v) is 7.76. The van der Waals surface area contributed by atoms with Crippen molar-refractivity contribution >= 4 is 27.5 Å². The topological polar surface area (TPSA) is 75.3 Å². The van der Waals surface area contributed by atoms with Crippen LogP contribution < -0.4 is 10.0 Å². The predicted octanol–water partition coefficient (Wildman–Crippen LogP) is 1.53. The van der Waals surface area contributed by atoms with Gasteiger partial charge in [-0.2, -0.15) is 0 Å². The molecule has 1 aromatic rings. The first-order valence-electron chi connectivity index (χ1n) is 5.89. The largest absolute Gasteiger partial charge is 0.353 e. The van der Waals surface area contributed by atoms with Gasteiger partial charge in [-0.1, -0.05) is 18.5 Å². The van der Waals surface area contributed by atoms with E-state index in [-0.39, 0.29) is 23.4 Å². The van der Waals surface area contributed by atoms with Gasteiger partial charge in [-0.15, -0.1) is 0 Å². The molecule has 0 spiro atoms. The van der Waals surface area contributed by atoms with E-state index in [0.717, 1.165) is 6.42 Å². The monoisotopic (exact) mass is 304 g/mol. The van der Waals surface area contributed by atoms with Crippen molar-refractivity contribution in [2.75, 3.05) is 6.54 Å². The third-order valence-corrected chi connectivity index (χ3v) is 4.24.